The molecule has 1 aromatic carbocycles. The molecule has 0 unspecified atom stereocenters. The van der Waals surface area contributed by atoms with Gasteiger partial charge in [-0.1, -0.05) is 18.2 Å². The number of pyridine rings is 2. The minimum Gasteiger partial charge on any atom is -0.475 e. The quantitative estimate of drug-likeness (QED) is 0.663. The maximum absolute atomic E-state index is 12.2. The summed E-state index contributed by atoms with van der Waals surface area (Å²) in [5.74, 6) is -2.76. The van der Waals surface area contributed by atoms with Crippen LogP contribution < -0.4 is 15.4 Å². The number of hydrogen-bond acceptors (Lipinski definition) is 5. The van der Waals surface area contributed by atoms with Gasteiger partial charge in [0.05, 0.1) is 24.1 Å². The lowest BCUT2D eigenvalue weighted by molar-refractivity contribution is -0.192. The van der Waals surface area contributed by atoms with Gasteiger partial charge in [0.25, 0.3) is 5.56 Å². The van der Waals surface area contributed by atoms with Gasteiger partial charge in [-0.15, -0.1) is 0 Å². The highest BCUT2D eigenvalue weighted by Gasteiger charge is 2.38. The lowest BCUT2D eigenvalue weighted by Gasteiger charge is -2.36. The molecule has 0 saturated carbocycles. The van der Waals surface area contributed by atoms with E-state index in [2.05, 4.69) is 32.9 Å². The second kappa shape index (κ2) is 8.44. The minimum atomic E-state index is -5.08. The second-order valence-electron chi connectivity index (χ2n) is 6.72. The SMILES string of the molecule is CN1CCN(Cc2cc3ccccc3c(=O)[nH]2)c2cnccc21.O=C(O)C(F)(F)F. The predicted molar refractivity (Wildman–Crippen MR) is 107 cm³/mol. The molecule has 3 aromatic rings. The average Bonchev–Trinajstić information content (AvgIpc) is 2.70. The number of alkyl halides is 3. The average molecular weight is 420 g/mol. The highest BCUT2D eigenvalue weighted by atomic mass is 19.4. The number of anilines is 2. The van der Waals surface area contributed by atoms with Crippen molar-refractivity contribution in [3.8, 4) is 0 Å². The molecule has 0 bridgehead atoms. The summed E-state index contributed by atoms with van der Waals surface area (Å²) in [5, 5.41) is 8.84. The third kappa shape index (κ3) is 4.70. The first-order valence-corrected chi connectivity index (χ1v) is 8.98. The Hall–Kier alpha value is -3.56. The van der Waals surface area contributed by atoms with Gasteiger partial charge in [0, 0.05) is 37.4 Å². The third-order valence-electron chi connectivity index (χ3n) is 4.65. The Morgan fingerprint density at radius 2 is 1.90 bits per heavy atom. The number of aromatic amines is 1. The van der Waals surface area contributed by atoms with E-state index < -0.39 is 12.1 Å². The molecule has 0 amide bonds. The molecule has 0 saturated heterocycles. The molecule has 4 rings (SSSR count). The number of likely N-dealkylation sites (N-methyl/N-ethyl adjacent to an activating group) is 1. The van der Waals surface area contributed by atoms with E-state index in [-0.39, 0.29) is 5.56 Å². The minimum absolute atomic E-state index is 0.0290. The molecule has 3 heterocycles. The largest absolute Gasteiger partial charge is 0.490 e. The van der Waals surface area contributed by atoms with Crippen LogP contribution in [0.1, 0.15) is 5.69 Å². The monoisotopic (exact) mass is 420 g/mol. The van der Waals surface area contributed by atoms with Crippen molar-refractivity contribution in [3.63, 3.8) is 0 Å². The molecule has 2 aromatic heterocycles. The number of rotatable bonds is 2. The first-order valence-electron chi connectivity index (χ1n) is 8.98. The Bertz CT molecular complexity index is 1110. The molecule has 1 aliphatic heterocycles. The summed E-state index contributed by atoms with van der Waals surface area (Å²) in [6.07, 6.45) is -1.37. The molecule has 2 N–H and O–H groups in total. The van der Waals surface area contributed by atoms with Gasteiger partial charge < -0.3 is 19.9 Å². The van der Waals surface area contributed by atoms with Crippen LogP contribution in [0.25, 0.3) is 10.8 Å². The highest BCUT2D eigenvalue weighted by Crippen LogP contribution is 2.31. The predicted octanol–water partition coefficient (Wildman–Crippen LogP) is 3.01. The first kappa shape index (κ1) is 21.2. The van der Waals surface area contributed by atoms with Crippen molar-refractivity contribution < 1.29 is 23.1 Å². The molecule has 10 heteroatoms. The van der Waals surface area contributed by atoms with Crippen molar-refractivity contribution >= 4 is 28.1 Å². The summed E-state index contributed by atoms with van der Waals surface area (Å²) in [6.45, 7) is 2.53. The van der Waals surface area contributed by atoms with Gasteiger partial charge in [-0.25, -0.2) is 4.79 Å². The number of carboxylic acid groups (broad SMARTS) is 1. The van der Waals surface area contributed by atoms with Gasteiger partial charge in [0.1, 0.15) is 0 Å². The van der Waals surface area contributed by atoms with E-state index in [4.69, 9.17) is 9.90 Å². The van der Waals surface area contributed by atoms with Gasteiger partial charge in [-0.2, -0.15) is 13.2 Å². The zero-order valence-corrected chi connectivity index (χ0v) is 16.0. The smallest absolute Gasteiger partial charge is 0.475 e. The first-order chi connectivity index (χ1) is 14.2. The fourth-order valence-electron chi connectivity index (χ4n) is 3.18. The molecule has 0 atom stereocenters. The van der Waals surface area contributed by atoms with E-state index >= 15 is 0 Å². The molecule has 0 aliphatic carbocycles. The molecule has 0 spiro atoms. The van der Waals surface area contributed by atoms with Crippen LogP contribution >= 0.6 is 0 Å². The van der Waals surface area contributed by atoms with Crippen LogP contribution in [-0.4, -0.2) is 47.4 Å². The van der Waals surface area contributed by atoms with Crippen LogP contribution in [0.5, 0.6) is 0 Å². The van der Waals surface area contributed by atoms with Crippen molar-refractivity contribution in [3.05, 3.63) is 64.8 Å². The van der Waals surface area contributed by atoms with Gasteiger partial charge >= 0.3 is 12.1 Å². The van der Waals surface area contributed by atoms with Crippen LogP contribution in [-0.2, 0) is 11.3 Å². The normalized spacial score (nSPS) is 13.5. The molecule has 1 aliphatic rings. The van der Waals surface area contributed by atoms with Crippen LogP contribution in [0.2, 0.25) is 0 Å². The van der Waals surface area contributed by atoms with Crippen LogP contribution in [0, 0.1) is 0 Å². The maximum Gasteiger partial charge on any atom is 0.490 e. The molecular formula is C20H19F3N4O3. The summed E-state index contributed by atoms with van der Waals surface area (Å²) in [7, 11) is 2.09. The van der Waals surface area contributed by atoms with Gasteiger partial charge in [0.2, 0.25) is 0 Å². The fourth-order valence-corrected chi connectivity index (χ4v) is 3.18. The lowest BCUT2D eigenvalue weighted by Crippen LogP contribution is -2.39. The number of carboxylic acids is 1. The summed E-state index contributed by atoms with van der Waals surface area (Å²) >= 11 is 0. The molecule has 30 heavy (non-hydrogen) atoms. The number of fused-ring (bicyclic) bond motifs is 2. The van der Waals surface area contributed by atoms with Crippen molar-refractivity contribution in [1.29, 1.82) is 0 Å². The zero-order valence-electron chi connectivity index (χ0n) is 16.0. The molecule has 0 fully saturated rings. The van der Waals surface area contributed by atoms with Crippen LogP contribution in [0.3, 0.4) is 0 Å². The summed E-state index contributed by atoms with van der Waals surface area (Å²) in [4.78, 5) is 32.9. The Morgan fingerprint density at radius 1 is 1.20 bits per heavy atom. The Kier molecular flexibility index (Phi) is 5.95. The maximum atomic E-state index is 12.2. The topological polar surface area (TPSA) is 89.5 Å². The number of aromatic nitrogens is 2. The highest BCUT2D eigenvalue weighted by molar-refractivity contribution is 5.81. The molecular weight excluding hydrogens is 401 g/mol. The zero-order chi connectivity index (χ0) is 21.9. The van der Waals surface area contributed by atoms with E-state index in [1.165, 1.54) is 5.69 Å². The second-order valence-corrected chi connectivity index (χ2v) is 6.72. The van der Waals surface area contributed by atoms with E-state index in [1.54, 1.807) is 0 Å². The number of benzene rings is 1. The number of H-pyrrole nitrogens is 1. The van der Waals surface area contributed by atoms with E-state index in [9.17, 15) is 18.0 Å². The summed E-state index contributed by atoms with van der Waals surface area (Å²) < 4.78 is 31.7. The van der Waals surface area contributed by atoms with E-state index in [0.717, 1.165) is 35.2 Å². The number of halogens is 3. The van der Waals surface area contributed by atoms with Gasteiger partial charge in [0.15, 0.2) is 0 Å². The van der Waals surface area contributed by atoms with Gasteiger partial charge in [-0.05, 0) is 23.6 Å². The Balaban J connectivity index is 0.000000318. The molecule has 158 valence electrons. The van der Waals surface area contributed by atoms with Crippen molar-refractivity contribution in [2.24, 2.45) is 0 Å². The standard InChI is InChI=1S/C18H18N4O.C2HF3O2/c1-21-8-9-22(17-11-19-7-6-16(17)21)12-14-10-13-4-2-3-5-15(13)18(23)20-14;3-2(4,5)1(6)7/h2-7,10-11H,8-9,12H2,1H3,(H,20,23);(H,6,7). The van der Waals surface area contributed by atoms with Crippen LogP contribution in [0.15, 0.2) is 53.6 Å². The summed E-state index contributed by atoms with van der Waals surface area (Å²) in [5.41, 5.74) is 3.18. The number of aliphatic carboxylic acids is 1. The van der Waals surface area contributed by atoms with E-state index in [1.807, 2.05) is 42.7 Å². The molecule has 7 nitrogen and oxygen atoms in total. The van der Waals surface area contributed by atoms with Crippen LogP contribution in [0.4, 0.5) is 24.5 Å². The Labute approximate surface area is 169 Å². The van der Waals surface area contributed by atoms with Gasteiger partial charge in [-0.3, -0.25) is 9.78 Å². The number of nitrogens with one attached hydrogen (secondary N) is 1. The van der Waals surface area contributed by atoms with Crippen molar-refractivity contribution in [2.75, 3.05) is 29.9 Å². The number of carbonyl (C=O) groups is 1. The third-order valence-corrected chi connectivity index (χ3v) is 4.65. The molecule has 0 radical (unpaired) electrons. The Morgan fingerprint density at radius 3 is 2.60 bits per heavy atom. The van der Waals surface area contributed by atoms with E-state index in [0.29, 0.717) is 6.54 Å². The summed E-state index contributed by atoms with van der Waals surface area (Å²) in [6, 6.07) is 11.8. The van der Waals surface area contributed by atoms with Crippen molar-refractivity contribution in [1.82, 2.24) is 9.97 Å². The van der Waals surface area contributed by atoms with Crippen molar-refractivity contribution in [2.45, 2.75) is 12.7 Å². The number of hydrogen-bond donors (Lipinski definition) is 2. The number of nitrogens with zero attached hydrogens (tertiary/aromatic N) is 3. The lowest BCUT2D eigenvalue weighted by atomic mass is 10.1. The fraction of sp³-hybridized carbons (Fsp3) is 0.250.